The van der Waals surface area contributed by atoms with Crippen molar-refractivity contribution in [1.29, 1.82) is 0 Å². The number of ether oxygens (including phenoxy) is 2. The van der Waals surface area contributed by atoms with E-state index in [1.54, 1.807) is 6.07 Å². The average Bonchev–Trinajstić information content (AvgIpc) is 2.52. The molecule has 0 atom stereocenters. The molecule has 27 heavy (non-hydrogen) atoms. The summed E-state index contributed by atoms with van der Waals surface area (Å²) in [4.78, 5) is 23.9. The highest BCUT2D eigenvalue weighted by Gasteiger charge is 2.38. The first-order valence-corrected chi connectivity index (χ1v) is 11.9. The number of carbonyl (C=O) groups is 2. The zero-order chi connectivity index (χ0) is 20.8. The van der Waals surface area contributed by atoms with Crippen LogP contribution in [0.25, 0.3) is 4.72 Å². The second kappa shape index (κ2) is 10.7. The predicted octanol–water partition coefficient (Wildman–Crippen LogP) is 4.01. The van der Waals surface area contributed by atoms with Crippen LogP contribution in [-0.4, -0.2) is 43.4 Å². The number of carbonyl (C=O) groups excluding carboxylic acids is 2. The highest BCUT2D eigenvalue weighted by atomic mass is 127. The fourth-order valence-corrected chi connectivity index (χ4v) is 4.36. The van der Waals surface area contributed by atoms with E-state index in [0.29, 0.717) is 11.6 Å². The molecule has 0 amide bonds. The second-order valence-electron chi connectivity index (χ2n) is 4.59. The van der Waals surface area contributed by atoms with Crippen molar-refractivity contribution < 1.29 is 40.7 Å². The topological polar surface area (TPSA) is 101 Å². The Morgan fingerprint density at radius 1 is 1.19 bits per heavy atom. The summed E-state index contributed by atoms with van der Waals surface area (Å²) in [5.74, 6) is -1.58. The molecule has 1 aromatic carbocycles. The standard InChI is InChI=1S/C13H10F3I3NO6S/c14-13(15,16)27(23,24)20-3-4-25-12(22)8-5-7(18)6-9(19)11(8)26-10(21)1-2-17/h5-6H,1-4H2/q-1. The van der Waals surface area contributed by atoms with Gasteiger partial charge in [-0.2, -0.15) is 13.2 Å². The van der Waals surface area contributed by atoms with Gasteiger partial charge in [-0.15, -0.1) is 6.54 Å². The van der Waals surface area contributed by atoms with Crippen molar-refractivity contribution in [3.05, 3.63) is 29.6 Å². The first-order valence-electron chi connectivity index (χ1n) is 6.82. The summed E-state index contributed by atoms with van der Waals surface area (Å²) >= 11 is 5.76. The van der Waals surface area contributed by atoms with Crippen LogP contribution in [0.1, 0.15) is 16.8 Å². The van der Waals surface area contributed by atoms with Crippen LogP contribution in [0.3, 0.4) is 0 Å². The van der Waals surface area contributed by atoms with Crippen LogP contribution in [0.5, 0.6) is 5.75 Å². The third kappa shape index (κ3) is 7.77. The first kappa shape index (κ1) is 25.1. The molecule has 1 aromatic rings. The third-order valence-electron chi connectivity index (χ3n) is 2.62. The maximum Gasteiger partial charge on any atom is 0.480 e. The van der Waals surface area contributed by atoms with E-state index in [4.69, 9.17) is 9.47 Å². The largest absolute Gasteiger partial charge is 0.538 e. The van der Waals surface area contributed by atoms with Crippen molar-refractivity contribution in [1.82, 2.24) is 0 Å². The molecule has 0 spiro atoms. The molecular weight excluding hydrogens is 736 g/mol. The molecule has 0 unspecified atom stereocenters. The number of alkyl halides is 4. The van der Waals surface area contributed by atoms with Gasteiger partial charge in [0.2, 0.25) is 0 Å². The van der Waals surface area contributed by atoms with E-state index in [2.05, 4.69) is 4.72 Å². The lowest BCUT2D eigenvalue weighted by Crippen LogP contribution is -2.23. The van der Waals surface area contributed by atoms with Crippen molar-refractivity contribution in [3.63, 3.8) is 0 Å². The number of sulfonamides is 1. The maximum atomic E-state index is 12.2. The second-order valence-corrected chi connectivity index (χ2v) is 9.74. The molecule has 0 aromatic heterocycles. The Labute approximate surface area is 193 Å². The van der Waals surface area contributed by atoms with E-state index in [9.17, 15) is 31.2 Å². The normalized spacial score (nSPS) is 11.9. The van der Waals surface area contributed by atoms with Gasteiger partial charge < -0.3 is 14.2 Å². The van der Waals surface area contributed by atoms with Gasteiger partial charge in [0.15, 0.2) is 15.8 Å². The van der Waals surface area contributed by atoms with E-state index >= 15 is 0 Å². The summed E-state index contributed by atoms with van der Waals surface area (Å²) in [6.07, 6.45) is 0.116. The summed E-state index contributed by atoms with van der Waals surface area (Å²) in [5, 5.41) is 0. The Morgan fingerprint density at radius 3 is 2.37 bits per heavy atom. The number of hydrogen-bond acceptors (Lipinski definition) is 6. The van der Waals surface area contributed by atoms with Gasteiger partial charge in [0, 0.05) is 8.00 Å². The highest BCUT2D eigenvalue weighted by molar-refractivity contribution is 14.1. The van der Waals surface area contributed by atoms with Crippen LogP contribution >= 0.6 is 67.8 Å². The molecular formula is C13H10F3I3NO6S-. The summed E-state index contributed by atoms with van der Waals surface area (Å²) in [7, 11) is -5.64. The monoisotopic (exact) mass is 746 g/mol. The summed E-state index contributed by atoms with van der Waals surface area (Å²) in [5.41, 5.74) is -5.62. The molecule has 0 aliphatic heterocycles. The van der Waals surface area contributed by atoms with Crippen LogP contribution < -0.4 is 4.74 Å². The van der Waals surface area contributed by atoms with Gasteiger partial charge >= 0.3 is 17.4 Å². The van der Waals surface area contributed by atoms with Crippen molar-refractivity contribution >= 4 is 89.7 Å². The zero-order valence-corrected chi connectivity index (χ0v) is 20.3. The predicted molar refractivity (Wildman–Crippen MR) is 114 cm³/mol. The Morgan fingerprint density at radius 2 is 1.81 bits per heavy atom. The maximum absolute atomic E-state index is 12.2. The lowest BCUT2D eigenvalue weighted by Gasteiger charge is -2.21. The quantitative estimate of drug-likeness (QED) is 0.131. The van der Waals surface area contributed by atoms with E-state index in [-0.39, 0.29) is 17.7 Å². The van der Waals surface area contributed by atoms with Gasteiger partial charge in [-0.05, 0) is 57.3 Å². The Bertz CT molecular complexity index is 816. The molecule has 0 saturated heterocycles. The van der Waals surface area contributed by atoms with Gasteiger partial charge in [-0.3, -0.25) is 4.79 Å². The number of hydrogen-bond donors (Lipinski definition) is 0. The SMILES string of the molecule is O=C(CCI)Oc1c(I)cc(I)cc1C(=O)OCC[N-]S(=O)(=O)C(F)(F)F. The molecule has 0 heterocycles. The fourth-order valence-electron chi connectivity index (χ4n) is 1.50. The summed E-state index contributed by atoms with van der Waals surface area (Å²) in [6.45, 7) is -1.59. The van der Waals surface area contributed by atoms with Crippen LogP contribution in [0.4, 0.5) is 13.2 Å². The molecule has 7 nitrogen and oxygen atoms in total. The third-order valence-corrected chi connectivity index (χ3v) is 5.69. The zero-order valence-electron chi connectivity index (χ0n) is 13.1. The fraction of sp³-hybridized carbons (Fsp3) is 0.385. The molecule has 0 aliphatic rings. The molecule has 14 heteroatoms. The van der Waals surface area contributed by atoms with Gasteiger partial charge in [-0.25, -0.2) is 13.2 Å². The molecule has 0 N–H and O–H groups in total. The van der Waals surface area contributed by atoms with Crippen LogP contribution in [0.15, 0.2) is 12.1 Å². The molecule has 0 aliphatic carbocycles. The average molecular weight is 746 g/mol. The van der Waals surface area contributed by atoms with Gasteiger partial charge in [0.25, 0.3) is 0 Å². The summed E-state index contributed by atoms with van der Waals surface area (Å²) < 4.78 is 72.1. The molecule has 1 rings (SSSR count). The van der Waals surface area contributed by atoms with Gasteiger partial charge in [-0.1, -0.05) is 22.6 Å². The van der Waals surface area contributed by atoms with Crippen molar-refractivity contribution in [3.8, 4) is 5.75 Å². The smallest absolute Gasteiger partial charge is 0.480 e. The lowest BCUT2D eigenvalue weighted by atomic mass is 10.2. The number of esters is 2. The Balaban J connectivity index is 2.84. The minimum atomic E-state index is -5.64. The number of benzene rings is 1. The van der Waals surface area contributed by atoms with Crippen molar-refractivity contribution in [2.45, 2.75) is 11.9 Å². The van der Waals surface area contributed by atoms with Crippen LogP contribution in [0.2, 0.25) is 0 Å². The van der Waals surface area contributed by atoms with Crippen molar-refractivity contribution in [2.75, 3.05) is 17.6 Å². The molecule has 0 fully saturated rings. The molecule has 0 saturated carbocycles. The Kier molecular flexibility index (Phi) is 9.96. The minimum Gasteiger partial charge on any atom is -0.538 e. The lowest BCUT2D eigenvalue weighted by molar-refractivity contribution is -0.133. The number of nitrogens with zero attached hydrogens (tertiary/aromatic N) is 1. The minimum absolute atomic E-state index is 0.0317. The molecule has 152 valence electrons. The first-order chi connectivity index (χ1) is 12.4. The number of rotatable bonds is 8. The number of halogens is 6. The van der Waals surface area contributed by atoms with Gasteiger partial charge in [0.05, 0.1) is 16.6 Å². The summed E-state index contributed by atoms with van der Waals surface area (Å²) in [6, 6.07) is 3.02. The van der Waals surface area contributed by atoms with E-state index < -0.39 is 40.6 Å². The van der Waals surface area contributed by atoms with E-state index in [1.807, 2.05) is 67.8 Å². The van der Waals surface area contributed by atoms with Crippen LogP contribution in [-0.2, 0) is 19.6 Å². The molecule has 0 radical (unpaired) electrons. The van der Waals surface area contributed by atoms with Crippen LogP contribution in [0, 0.1) is 7.14 Å². The van der Waals surface area contributed by atoms with E-state index in [0.717, 1.165) is 0 Å². The Hall–Kier alpha value is 0.0500. The van der Waals surface area contributed by atoms with Crippen molar-refractivity contribution in [2.24, 2.45) is 0 Å². The highest BCUT2D eigenvalue weighted by Crippen LogP contribution is 2.30. The molecule has 0 bridgehead atoms. The van der Waals surface area contributed by atoms with Gasteiger partial charge in [0.1, 0.15) is 5.56 Å². The van der Waals surface area contributed by atoms with E-state index in [1.165, 1.54) is 6.07 Å².